The summed E-state index contributed by atoms with van der Waals surface area (Å²) in [7, 11) is 6.82. The van der Waals surface area contributed by atoms with E-state index in [2.05, 4.69) is 63.1 Å². The molecular weight excluding hydrogens is 552 g/mol. The van der Waals surface area contributed by atoms with Crippen molar-refractivity contribution in [1.82, 2.24) is 15.2 Å². The van der Waals surface area contributed by atoms with Crippen LogP contribution < -0.4 is 29.5 Å². The minimum Gasteiger partial charge on any atom is -0.497 e. The van der Waals surface area contributed by atoms with E-state index in [-0.39, 0.29) is 11.4 Å². The number of carbonyl (C=O) groups excluding carboxylic acids is 1. The lowest BCUT2D eigenvalue weighted by Gasteiger charge is -2.49. The van der Waals surface area contributed by atoms with Gasteiger partial charge < -0.3 is 34.4 Å². The molecular formula is C32H43ClN6O3. The Morgan fingerprint density at radius 1 is 0.857 bits per heavy atom. The van der Waals surface area contributed by atoms with Gasteiger partial charge in [-0.05, 0) is 74.5 Å². The average molecular weight is 595 g/mol. The van der Waals surface area contributed by atoms with Crippen LogP contribution in [0.4, 0.5) is 17.2 Å². The van der Waals surface area contributed by atoms with Gasteiger partial charge in [0.05, 0.1) is 19.8 Å². The molecule has 2 aliphatic heterocycles. The van der Waals surface area contributed by atoms with E-state index >= 15 is 0 Å². The molecule has 0 spiro atoms. The molecule has 0 saturated carbocycles. The third-order valence-electron chi connectivity index (χ3n) is 7.60. The number of nitrogens with zero attached hydrogens (tertiary/aromatic N) is 5. The lowest BCUT2D eigenvalue weighted by molar-refractivity contribution is 0.0827. The monoisotopic (exact) mass is 594 g/mol. The highest BCUT2D eigenvalue weighted by Crippen LogP contribution is 2.31. The fraction of sp³-hybridized carbons (Fsp3) is 0.438. The minimum absolute atomic E-state index is 0.0818. The number of methoxy groups -OCH3 is 2. The Kier molecular flexibility index (Phi) is 10.4. The van der Waals surface area contributed by atoms with E-state index in [0.29, 0.717) is 10.7 Å². The highest BCUT2D eigenvalue weighted by Gasteiger charge is 2.34. The van der Waals surface area contributed by atoms with Crippen LogP contribution in [-0.4, -0.2) is 95.5 Å². The summed E-state index contributed by atoms with van der Waals surface area (Å²) >= 11 is 6.21. The zero-order valence-electron chi connectivity index (χ0n) is 25.6. The van der Waals surface area contributed by atoms with Crippen molar-refractivity contribution in [2.75, 3.05) is 88.8 Å². The Hall–Kier alpha value is -3.69. The molecule has 42 heavy (non-hydrogen) atoms. The van der Waals surface area contributed by atoms with Gasteiger partial charge in [0.1, 0.15) is 22.5 Å². The van der Waals surface area contributed by atoms with Gasteiger partial charge in [0.15, 0.2) is 0 Å². The van der Waals surface area contributed by atoms with Gasteiger partial charge in [0.2, 0.25) is 0 Å². The van der Waals surface area contributed by atoms with E-state index in [4.69, 9.17) is 21.1 Å². The molecule has 10 heteroatoms. The molecule has 1 aromatic heterocycles. The van der Waals surface area contributed by atoms with E-state index in [1.54, 1.807) is 39.3 Å². The molecule has 3 aromatic rings. The van der Waals surface area contributed by atoms with Crippen LogP contribution in [0.5, 0.6) is 11.5 Å². The molecule has 1 amide bonds. The Balaban J connectivity index is 0.000000241. The van der Waals surface area contributed by atoms with Crippen molar-refractivity contribution in [2.24, 2.45) is 0 Å². The lowest BCUT2D eigenvalue weighted by Crippen LogP contribution is -2.60. The summed E-state index contributed by atoms with van der Waals surface area (Å²) < 4.78 is 10.4. The second-order valence-corrected chi connectivity index (χ2v) is 11.6. The molecule has 5 rings (SSSR count). The second kappa shape index (κ2) is 14.0. The highest BCUT2D eigenvalue weighted by atomic mass is 35.5. The molecule has 0 radical (unpaired) electrons. The third kappa shape index (κ3) is 7.77. The van der Waals surface area contributed by atoms with Gasteiger partial charge in [-0.3, -0.25) is 4.79 Å². The van der Waals surface area contributed by atoms with Crippen LogP contribution in [0.3, 0.4) is 0 Å². The van der Waals surface area contributed by atoms with Crippen LogP contribution in [0.15, 0.2) is 60.7 Å². The standard InChI is InChI=1S/C21H27ClN4O2.C11H16N2O/c1-21(2)14-25(10-11-26(21)16-6-8-17(28-5)9-7-16)19-13-15(12-18(22)23-19)20(27)24(3)4;1-14-11-4-2-10(3-5-11)13-8-6-12-7-9-13/h6-9,12-13H,10-11,14H2,1-5H3;2-5,12H,6-9H2,1H3. The summed E-state index contributed by atoms with van der Waals surface area (Å²) in [6.07, 6.45) is 0. The summed E-state index contributed by atoms with van der Waals surface area (Å²) in [6, 6.07) is 19.8. The van der Waals surface area contributed by atoms with Crippen molar-refractivity contribution < 1.29 is 14.3 Å². The predicted molar refractivity (Wildman–Crippen MR) is 172 cm³/mol. The lowest BCUT2D eigenvalue weighted by atomic mass is 9.97. The van der Waals surface area contributed by atoms with Crippen LogP contribution >= 0.6 is 11.6 Å². The van der Waals surface area contributed by atoms with Crippen molar-refractivity contribution in [3.63, 3.8) is 0 Å². The van der Waals surface area contributed by atoms with E-state index in [1.165, 1.54) is 5.69 Å². The van der Waals surface area contributed by atoms with Crippen LogP contribution in [-0.2, 0) is 0 Å². The molecule has 1 N–H and O–H groups in total. The number of hydrogen-bond acceptors (Lipinski definition) is 8. The highest BCUT2D eigenvalue weighted by molar-refractivity contribution is 6.29. The van der Waals surface area contributed by atoms with Crippen molar-refractivity contribution in [3.05, 3.63) is 71.4 Å². The van der Waals surface area contributed by atoms with Gasteiger partial charge in [0, 0.05) is 76.8 Å². The molecule has 226 valence electrons. The van der Waals surface area contributed by atoms with Gasteiger partial charge in [0.25, 0.3) is 5.91 Å². The van der Waals surface area contributed by atoms with Gasteiger partial charge in [-0.25, -0.2) is 4.98 Å². The smallest absolute Gasteiger partial charge is 0.253 e. The molecule has 2 fully saturated rings. The normalized spacial score (nSPS) is 16.3. The maximum atomic E-state index is 12.4. The summed E-state index contributed by atoms with van der Waals surface area (Å²) in [4.78, 5) is 25.3. The zero-order chi connectivity index (χ0) is 30.3. The second-order valence-electron chi connectivity index (χ2n) is 11.3. The zero-order valence-corrected chi connectivity index (χ0v) is 26.3. The van der Waals surface area contributed by atoms with E-state index < -0.39 is 0 Å². The Morgan fingerprint density at radius 3 is 1.95 bits per heavy atom. The number of carbonyl (C=O) groups is 1. The number of ether oxygens (including phenoxy) is 2. The van der Waals surface area contributed by atoms with E-state index in [9.17, 15) is 4.79 Å². The minimum atomic E-state index is -0.122. The number of amides is 1. The number of hydrogen-bond donors (Lipinski definition) is 1. The number of benzene rings is 2. The first kappa shape index (κ1) is 31.3. The van der Waals surface area contributed by atoms with Crippen LogP contribution in [0.2, 0.25) is 5.15 Å². The third-order valence-corrected chi connectivity index (χ3v) is 7.79. The topological polar surface area (TPSA) is 73.4 Å². The fourth-order valence-corrected chi connectivity index (χ4v) is 5.54. The summed E-state index contributed by atoms with van der Waals surface area (Å²) in [5, 5.41) is 3.67. The van der Waals surface area contributed by atoms with Gasteiger partial charge in [-0.1, -0.05) is 11.6 Å². The molecule has 2 aliphatic rings. The SMILES string of the molecule is COc1ccc(N2CCN(c3cc(C(=O)N(C)C)cc(Cl)n3)CC2(C)C)cc1.COc1ccc(N2CCNCC2)cc1. The van der Waals surface area contributed by atoms with Crippen LogP contribution in [0.1, 0.15) is 24.2 Å². The van der Waals surface area contributed by atoms with Crippen molar-refractivity contribution in [1.29, 1.82) is 0 Å². The van der Waals surface area contributed by atoms with Crippen molar-refractivity contribution >= 4 is 34.7 Å². The summed E-state index contributed by atoms with van der Waals surface area (Å²) in [5.74, 6) is 2.42. The van der Waals surface area contributed by atoms with Crippen LogP contribution in [0.25, 0.3) is 0 Å². The molecule has 0 aliphatic carbocycles. The average Bonchev–Trinajstić information content (AvgIpc) is 3.00. The number of rotatable bonds is 6. The molecule has 0 bridgehead atoms. The number of nitrogens with one attached hydrogen (secondary N) is 1. The van der Waals surface area contributed by atoms with Gasteiger partial charge in [-0.2, -0.15) is 0 Å². The first-order chi connectivity index (χ1) is 20.1. The maximum absolute atomic E-state index is 12.4. The van der Waals surface area contributed by atoms with E-state index in [0.717, 1.165) is 68.8 Å². The van der Waals surface area contributed by atoms with E-state index in [1.807, 2.05) is 30.3 Å². The van der Waals surface area contributed by atoms with Crippen LogP contribution in [0, 0.1) is 0 Å². The number of anilines is 3. The maximum Gasteiger partial charge on any atom is 0.253 e. The molecule has 3 heterocycles. The number of piperazine rings is 2. The fourth-order valence-electron chi connectivity index (χ4n) is 5.33. The van der Waals surface area contributed by atoms with Gasteiger partial charge >= 0.3 is 0 Å². The molecule has 0 atom stereocenters. The Morgan fingerprint density at radius 2 is 1.43 bits per heavy atom. The molecule has 0 unspecified atom stereocenters. The number of pyridine rings is 1. The summed E-state index contributed by atoms with van der Waals surface area (Å²) in [6.45, 7) is 11.1. The quantitative estimate of drug-likeness (QED) is 0.413. The van der Waals surface area contributed by atoms with Crippen molar-refractivity contribution in [3.8, 4) is 11.5 Å². The predicted octanol–water partition coefficient (Wildman–Crippen LogP) is 4.66. The molecule has 2 saturated heterocycles. The Bertz CT molecular complexity index is 1310. The largest absolute Gasteiger partial charge is 0.497 e. The first-order valence-corrected chi connectivity index (χ1v) is 14.6. The molecule has 9 nitrogen and oxygen atoms in total. The molecule has 2 aromatic carbocycles. The van der Waals surface area contributed by atoms with Gasteiger partial charge in [-0.15, -0.1) is 0 Å². The summed E-state index contributed by atoms with van der Waals surface area (Å²) in [5.41, 5.74) is 2.87. The van der Waals surface area contributed by atoms with Crippen molar-refractivity contribution in [2.45, 2.75) is 19.4 Å². The number of aromatic nitrogens is 1. The number of halogens is 1. The Labute approximate surface area is 255 Å². The first-order valence-electron chi connectivity index (χ1n) is 14.3.